The summed E-state index contributed by atoms with van der Waals surface area (Å²) in [6.07, 6.45) is 1.51. The SMILES string of the molecule is CCOC(=O)c1ccccc1Nc1nncc(Nc2ccc(OC)cc2)n1. The van der Waals surface area contributed by atoms with Crippen LogP contribution in [0.5, 0.6) is 5.75 Å². The molecule has 0 bridgehead atoms. The Morgan fingerprint density at radius 1 is 1.07 bits per heavy atom. The van der Waals surface area contributed by atoms with Crippen molar-refractivity contribution in [3.63, 3.8) is 0 Å². The van der Waals surface area contributed by atoms with Crippen molar-refractivity contribution in [1.82, 2.24) is 15.2 Å². The highest BCUT2D eigenvalue weighted by molar-refractivity contribution is 5.96. The van der Waals surface area contributed by atoms with Gasteiger partial charge in [-0.05, 0) is 43.3 Å². The third kappa shape index (κ3) is 4.69. The Bertz CT molecular complexity index is 915. The second-order valence-corrected chi connectivity index (χ2v) is 5.41. The van der Waals surface area contributed by atoms with Gasteiger partial charge >= 0.3 is 5.97 Å². The molecule has 0 saturated heterocycles. The molecule has 138 valence electrons. The van der Waals surface area contributed by atoms with E-state index in [9.17, 15) is 4.79 Å². The van der Waals surface area contributed by atoms with Gasteiger partial charge in [0.05, 0.1) is 31.2 Å². The van der Waals surface area contributed by atoms with Crippen molar-refractivity contribution in [3.05, 3.63) is 60.3 Å². The van der Waals surface area contributed by atoms with Gasteiger partial charge in [-0.3, -0.25) is 0 Å². The lowest BCUT2D eigenvalue weighted by Gasteiger charge is -2.11. The highest BCUT2D eigenvalue weighted by Crippen LogP contribution is 2.21. The number of nitrogens with zero attached hydrogens (tertiary/aromatic N) is 3. The number of aromatic nitrogens is 3. The molecule has 0 spiro atoms. The number of carbonyl (C=O) groups excluding carboxylic acids is 1. The van der Waals surface area contributed by atoms with Crippen LogP contribution in [0.25, 0.3) is 0 Å². The molecular formula is C19H19N5O3. The van der Waals surface area contributed by atoms with Crippen LogP contribution in [0.3, 0.4) is 0 Å². The Hall–Kier alpha value is -3.68. The number of para-hydroxylation sites is 1. The van der Waals surface area contributed by atoms with E-state index in [0.717, 1.165) is 11.4 Å². The standard InChI is InChI=1S/C19H19N5O3/c1-3-27-18(25)15-6-4-5-7-16(15)22-19-23-17(12-20-24-19)21-13-8-10-14(26-2)11-9-13/h4-12H,3H2,1-2H3,(H2,21,22,23,24). The molecule has 0 aliphatic heterocycles. The van der Waals surface area contributed by atoms with E-state index in [1.807, 2.05) is 24.3 Å². The average Bonchev–Trinajstić information content (AvgIpc) is 2.69. The molecule has 0 aliphatic carbocycles. The minimum Gasteiger partial charge on any atom is -0.497 e. The number of methoxy groups -OCH3 is 1. The minimum absolute atomic E-state index is 0.255. The lowest BCUT2D eigenvalue weighted by molar-refractivity contribution is 0.0527. The first-order valence-corrected chi connectivity index (χ1v) is 8.33. The van der Waals surface area contributed by atoms with Crippen LogP contribution in [0.2, 0.25) is 0 Å². The maximum atomic E-state index is 12.1. The lowest BCUT2D eigenvalue weighted by Crippen LogP contribution is -2.09. The molecular weight excluding hydrogens is 346 g/mol. The molecule has 2 N–H and O–H groups in total. The molecule has 27 heavy (non-hydrogen) atoms. The number of hydrogen-bond acceptors (Lipinski definition) is 8. The molecule has 0 fully saturated rings. The summed E-state index contributed by atoms with van der Waals surface area (Å²) in [5, 5.41) is 14.1. The van der Waals surface area contributed by atoms with E-state index < -0.39 is 5.97 Å². The summed E-state index contributed by atoms with van der Waals surface area (Å²) in [5.41, 5.74) is 1.77. The minimum atomic E-state index is -0.416. The van der Waals surface area contributed by atoms with Crippen molar-refractivity contribution in [3.8, 4) is 5.75 Å². The highest BCUT2D eigenvalue weighted by Gasteiger charge is 2.13. The van der Waals surface area contributed by atoms with Gasteiger partial charge in [0, 0.05) is 5.69 Å². The van der Waals surface area contributed by atoms with Crippen LogP contribution in [0.1, 0.15) is 17.3 Å². The van der Waals surface area contributed by atoms with Crippen LogP contribution >= 0.6 is 0 Å². The molecule has 0 unspecified atom stereocenters. The third-order valence-electron chi connectivity index (χ3n) is 3.59. The van der Waals surface area contributed by atoms with Crippen molar-refractivity contribution >= 4 is 29.1 Å². The zero-order valence-electron chi connectivity index (χ0n) is 15.0. The van der Waals surface area contributed by atoms with Crippen LogP contribution in [-0.2, 0) is 4.74 Å². The third-order valence-corrected chi connectivity index (χ3v) is 3.59. The van der Waals surface area contributed by atoms with Gasteiger partial charge in [0.2, 0.25) is 5.95 Å². The largest absolute Gasteiger partial charge is 0.497 e. The highest BCUT2D eigenvalue weighted by atomic mass is 16.5. The van der Waals surface area contributed by atoms with Gasteiger partial charge in [0.15, 0.2) is 5.82 Å². The summed E-state index contributed by atoms with van der Waals surface area (Å²) in [4.78, 5) is 16.4. The predicted molar refractivity (Wildman–Crippen MR) is 102 cm³/mol. The van der Waals surface area contributed by atoms with Crippen molar-refractivity contribution in [2.45, 2.75) is 6.92 Å². The summed E-state index contributed by atoms with van der Waals surface area (Å²) >= 11 is 0. The smallest absolute Gasteiger partial charge is 0.340 e. The van der Waals surface area contributed by atoms with Gasteiger partial charge in [0.25, 0.3) is 0 Å². The van der Waals surface area contributed by atoms with Crippen LogP contribution in [0, 0.1) is 0 Å². The molecule has 0 radical (unpaired) electrons. The number of carbonyl (C=O) groups is 1. The van der Waals surface area contributed by atoms with Crippen LogP contribution in [-0.4, -0.2) is 34.9 Å². The van der Waals surface area contributed by atoms with Crippen molar-refractivity contribution in [2.24, 2.45) is 0 Å². The number of benzene rings is 2. The Morgan fingerprint density at radius 2 is 1.85 bits per heavy atom. The molecule has 3 aromatic rings. The van der Waals surface area contributed by atoms with E-state index in [4.69, 9.17) is 9.47 Å². The predicted octanol–water partition coefficient (Wildman–Crippen LogP) is 3.54. The summed E-state index contributed by atoms with van der Waals surface area (Å²) in [7, 11) is 1.61. The van der Waals surface area contributed by atoms with Gasteiger partial charge in [-0.15, -0.1) is 5.10 Å². The maximum Gasteiger partial charge on any atom is 0.340 e. The first-order chi connectivity index (χ1) is 13.2. The quantitative estimate of drug-likeness (QED) is 0.614. The van der Waals surface area contributed by atoms with E-state index in [0.29, 0.717) is 23.7 Å². The molecule has 8 nitrogen and oxygen atoms in total. The van der Waals surface area contributed by atoms with E-state index in [2.05, 4.69) is 25.8 Å². The fourth-order valence-electron chi connectivity index (χ4n) is 2.34. The molecule has 1 aromatic heterocycles. The average molecular weight is 365 g/mol. The number of nitrogens with one attached hydrogen (secondary N) is 2. The summed E-state index contributed by atoms with van der Waals surface area (Å²) in [5.74, 6) is 1.11. The summed E-state index contributed by atoms with van der Waals surface area (Å²) in [6.45, 7) is 2.06. The second-order valence-electron chi connectivity index (χ2n) is 5.41. The summed E-state index contributed by atoms with van der Waals surface area (Å²) in [6, 6.07) is 14.4. The van der Waals surface area contributed by atoms with E-state index in [-0.39, 0.29) is 5.95 Å². The molecule has 8 heteroatoms. The molecule has 3 rings (SSSR count). The van der Waals surface area contributed by atoms with Gasteiger partial charge < -0.3 is 20.1 Å². The van der Waals surface area contributed by atoms with Gasteiger partial charge in [-0.2, -0.15) is 10.1 Å². The lowest BCUT2D eigenvalue weighted by atomic mass is 10.2. The Morgan fingerprint density at radius 3 is 2.59 bits per heavy atom. The fraction of sp³-hybridized carbons (Fsp3) is 0.158. The fourth-order valence-corrected chi connectivity index (χ4v) is 2.34. The first-order valence-electron chi connectivity index (χ1n) is 8.33. The molecule has 0 amide bonds. The van der Waals surface area contributed by atoms with Gasteiger partial charge in [-0.25, -0.2) is 4.79 Å². The van der Waals surface area contributed by atoms with Gasteiger partial charge in [-0.1, -0.05) is 12.1 Å². The molecule has 0 saturated carbocycles. The van der Waals surface area contributed by atoms with Crippen LogP contribution in [0.4, 0.5) is 23.1 Å². The zero-order chi connectivity index (χ0) is 19.1. The van der Waals surface area contributed by atoms with Crippen molar-refractivity contribution < 1.29 is 14.3 Å². The molecule has 2 aromatic carbocycles. The van der Waals surface area contributed by atoms with Gasteiger partial charge in [0.1, 0.15) is 5.75 Å². The molecule has 0 atom stereocenters. The number of ether oxygens (including phenoxy) is 2. The second kappa shape index (κ2) is 8.61. The molecule has 1 heterocycles. The van der Waals surface area contributed by atoms with Crippen molar-refractivity contribution in [1.29, 1.82) is 0 Å². The number of hydrogen-bond donors (Lipinski definition) is 2. The maximum absolute atomic E-state index is 12.1. The van der Waals surface area contributed by atoms with Crippen molar-refractivity contribution in [2.75, 3.05) is 24.4 Å². The Labute approximate surface area is 156 Å². The Balaban J connectivity index is 1.77. The topological polar surface area (TPSA) is 98.3 Å². The summed E-state index contributed by atoms with van der Waals surface area (Å²) < 4.78 is 10.2. The Kier molecular flexibility index (Phi) is 5.78. The van der Waals surface area contributed by atoms with Crippen LogP contribution < -0.4 is 15.4 Å². The number of rotatable bonds is 7. The van der Waals surface area contributed by atoms with E-state index in [1.165, 1.54) is 6.20 Å². The molecule has 0 aliphatic rings. The normalized spacial score (nSPS) is 10.1. The van der Waals surface area contributed by atoms with E-state index in [1.54, 1.807) is 38.3 Å². The first kappa shape index (κ1) is 18.1. The number of esters is 1. The zero-order valence-corrected chi connectivity index (χ0v) is 15.0. The van der Waals surface area contributed by atoms with E-state index >= 15 is 0 Å². The van der Waals surface area contributed by atoms with Crippen LogP contribution in [0.15, 0.2) is 54.7 Å². The number of anilines is 4. The monoisotopic (exact) mass is 365 g/mol.